The third kappa shape index (κ3) is 8.01. The van der Waals surface area contributed by atoms with Crippen LogP contribution in [0.3, 0.4) is 0 Å². The minimum absolute atomic E-state index is 0.339. The Labute approximate surface area is 131 Å². The largest absolute Gasteiger partial charge is 0.313 e. The molecule has 0 bridgehead atoms. The number of halogens is 1. The highest BCUT2D eigenvalue weighted by Gasteiger charge is 2.15. The molecule has 0 aliphatic carbocycles. The van der Waals surface area contributed by atoms with Crippen molar-refractivity contribution in [3.05, 3.63) is 34.3 Å². The molecule has 0 saturated carbocycles. The van der Waals surface area contributed by atoms with Crippen molar-refractivity contribution < 1.29 is 0 Å². The van der Waals surface area contributed by atoms with Crippen molar-refractivity contribution >= 4 is 27.7 Å². The van der Waals surface area contributed by atoms with E-state index in [1.54, 1.807) is 0 Å². The molecule has 0 amide bonds. The Bertz CT molecular complexity index is 356. The summed E-state index contributed by atoms with van der Waals surface area (Å²) >= 11 is 5.53. The third-order valence-electron chi connectivity index (χ3n) is 2.80. The van der Waals surface area contributed by atoms with Crippen molar-refractivity contribution in [3.63, 3.8) is 0 Å². The molecule has 0 aliphatic rings. The number of hydrogen-bond donors (Lipinski definition) is 1. The first-order chi connectivity index (χ1) is 8.90. The molecule has 1 N–H and O–H groups in total. The van der Waals surface area contributed by atoms with E-state index >= 15 is 0 Å². The van der Waals surface area contributed by atoms with Gasteiger partial charge >= 0.3 is 0 Å². The van der Waals surface area contributed by atoms with E-state index in [9.17, 15) is 0 Å². The first-order valence-electron chi connectivity index (χ1n) is 7.02. The lowest BCUT2D eigenvalue weighted by molar-refractivity contribution is 0.548. The molecule has 108 valence electrons. The van der Waals surface area contributed by atoms with Crippen LogP contribution in [-0.4, -0.2) is 23.1 Å². The molecule has 0 aromatic heterocycles. The summed E-state index contributed by atoms with van der Waals surface area (Å²) in [6.45, 7) is 10.2. The van der Waals surface area contributed by atoms with E-state index in [-0.39, 0.29) is 0 Å². The maximum Gasteiger partial charge on any atom is 0.0198 e. The van der Waals surface area contributed by atoms with Crippen LogP contribution in [0, 0.1) is 0 Å². The number of nitrogens with one attached hydrogen (secondary N) is 1. The van der Waals surface area contributed by atoms with Gasteiger partial charge in [0.05, 0.1) is 0 Å². The summed E-state index contributed by atoms with van der Waals surface area (Å²) in [7, 11) is 0. The van der Waals surface area contributed by atoms with Crippen LogP contribution in [0.2, 0.25) is 0 Å². The molecule has 0 heterocycles. The second kappa shape index (κ2) is 8.33. The fourth-order valence-electron chi connectivity index (χ4n) is 1.79. The van der Waals surface area contributed by atoms with Gasteiger partial charge in [0.2, 0.25) is 0 Å². The smallest absolute Gasteiger partial charge is 0.0198 e. The van der Waals surface area contributed by atoms with Gasteiger partial charge in [-0.25, -0.2) is 0 Å². The van der Waals surface area contributed by atoms with Gasteiger partial charge in [-0.3, -0.25) is 0 Å². The fourth-order valence-corrected chi connectivity index (χ4v) is 3.00. The average Bonchev–Trinajstić information content (AvgIpc) is 2.34. The van der Waals surface area contributed by atoms with Crippen LogP contribution in [0.15, 0.2) is 28.7 Å². The van der Waals surface area contributed by atoms with Gasteiger partial charge < -0.3 is 5.32 Å². The molecule has 1 aromatic rings. The lowest BCUT2D eigenvalue weighted by atomic mass is 10.1. The van der Waals surface area contributed by atoms with E-state index in [1.807, 2.05) is 11.8 Å². The standard InChI is InChI=1S/C16H26BrNS/c1-5-10-18-15(12-19-16(2,3)4)11-13-6-8-14(17)9-7-13/h6-9,15,18H,5,10-12H2,1-4H3. The third-order valence-corrected chi connectivity index (χ3v) is 4.76. The normalized spacial score (nSPS) is 13.5. The number of benzene rings is 1. The van der Waals surface area contributed by atoms with E-state index < -0.39 is 0 Å². The molecule has 1 unspecified atom stereocenters. The summed E-state index contributed by atoms with van der Waals surface area (Å²) in [6.07, 6.45) is 2.30. The molecule has 19 heavy (non-hydrogen) atoms. The van der Waals surface area contributed by atoms with Gasteiger partial charge in [0.15, 0.2) is 0 Å². The Kier molecular flexibility index (Phi) is 7.48. The Morgan fingerprint density at radius 1 is 1.21 bits per heavy atom. The summed E-state index contributed by atoms with van der Waals surface area (Å²) in [4.78, 5) is 0. The van der Waals surface area contributed by atoms with E-state index in [0.717, 1.165) is 17.4 Å². The SMILES string of the molecule is CCCNC(CSC(C)(C)C)Cc1ccc(Br)cc1. The van der Waals surface area contributed by atoms with Gasteiger partial charge in [-0.1, -0.05) is 55.8 Å². The summed E-state index contributed by atoms with van der Waals surface area (Å²) < 4.78 is 1.49. The lowest BCUT2D eigenvalue weighted by Gasteiger charge is -2.24. The van der Waals surface area contributed by atoms with Crippen molar-refractivity contribution in [2.24, 2.45) is 0 Å². The first kappa shape index (κ1) is 17.1. The highest BCUT2D eigenvalue weighted by Crippen LogP contribution is 2.24. The fraction of sp³-hybridized carbons (Fsp3) is 0.625. The van der Waals surface area contributed by atoms with Crippen LogP contribution in [0.5, 0.6) is 0 Å². The van der Waals surface area contributed by atoms with E-state index in [1.165, 1.54) is 17.7 Å². The minimum Gasteiger partial charge on any atom is -0.313 e. The molecule has 0 aliphatic heterocycles. The monoisotopic (exact) mass is 343 g/mol. The quantitative estimate of drug-likeness (QED) is 0.756. The van der Waals surface area contributed by atoms with Crippen LogP contribution in [0.4, 0.5) is 0 Å². The predicted molar refractivity (Wildman–Crippen MR) is 92.1 cm³/mol. The van der Waals surface area contributed by atoms with E-state index in [2.05, 4.69) is 73.2 Å². The van der Waals surface area contributed by atoms with Crippen LogP contribution in [-0.2, 0) is 6.42 Å². The van der Waals surface area contributed by atoms with E-state index in [4.69, 9.17) is 0 Å². The Morgan fingerprint density at radius 2 is 1.84 bits per heavy atom. The van der Waals surface area contributed by atoms with Gasteiger partial charge in [0.25, 0.3) is 0 Å². The highest BCUT2D eigenvalue weighted by molar-refractivity contribution is 9.10. The lowest BCUT2D eigenvalue weighted by Crippen LogP contribution is -2.35. The number of hydrogen-bond acceptors (Lipinski definition) is 2. The Balaban J connectivity index is 2.55. The molecule has 0 fully saturated rings. The zero-order valence-corrected chi connectivity index (χ0v) is 14.9. The van der Waals surface area contributed by atoms with Crippen molar-refractivity contribution in [2.75, 3.05) is 12.3 Å². The molecule has 0 radical (unpaired) electrons. The zero-order valence-electron chi connectivity index (χ0n) is 12.5. The minimum atomic E-state index is 0.339. The highest BCUT2D eigenvalue weighted by atomic mass is 79.9. The topological polar surface area (TPSA) is 12.0 Å². The van der Waals surface area contributed by atoms with Gasteiger partial charge in [0.1, 0.15) is 0 Å². The molecule has 3 heteroatoms. The second-order valence-electron chi connectivity index (χ2n) is 5.91. The zero-order chi connectivity index (χ0) is 14.3. The van der Waals surface area contributed by atoms with Gasteiger partial charge in [-0.2, -0.15) is 11.8 Å². The van der Waals surface area contributed by atoms with Crippen molar-refractivity contribution in [1.82, 2.24) is 5.32 Å². The first-order valence-corrected chi connectivity index (χ1v) is 8.80. The van der Waals surface area contributed by atoms with Crippen molar-refractivity contribution in [3.8, 4) is 0 Å². The van der Waals surface area contributed by atoms with E-state index in [0.29, 0.717) is 10.8 Å². The van der Waals surface area contributed by atoms with Crippen molar-refractivity contribution in [2.45, 2.75) is 51.3 Å². The molecule has 1 nitrogen and oxygen atoms in total. The number of thioether (sulfide) groups is 1. The molecule has 1 rings (SSSR count). The van der Waals surface area contributed by atoms with Gasteiger partial charge in [-0.05, 0) is 37.1 Å². The molecule has 0 spiro atoms. The summed E-state index contributed by atoms with van der Waals surface area (Å²) in [5.41, 5.74) is 1.41. The summed E-state index contributed by atoms with van der Waals surface area (Å²) in [5, 5.41) is 3.67. The van der Waals surface area contributed by atoms with Crippen LogP contribution >= 0.6 is 27.7 Å². The molecule has 1 aromatic carbocycles. The van der Waals surface area contributed by atoms with Crippen molar-refractivity contribution in [1.29, 1.82) is 0 Å². The summed E-state index contributed by atoms with van der Waals surface area (Å²) in [6, 6.07) is 9.25. The van der Waals surface area contributed by atoms with Gasteiger partial charge in [0, 0.05) is 21.0 Å². The second-order valence-corrected chi connectivity index (χ2v) is 8.67. The molecular weight excluding hydrogens is 318 g/mol. The summed E-state index contributed by atoms with van der Waals surface area (Å²) in [5.74, 6) is 1.17. The average molecular weight is 344 g/mol. The Morgan fingerprint density at radius 3 is 2.37 bits per heavy atom. The van der Waals surface area contributed by atoms with Crippen LogP contribution < -0.4 is 5.32 Å². The predicted octanol–water partition coefficient (Wildman–Crippen LogP) is 4.89. The number of rotatable bonds is 7. The molecule has 0 saturated heterocycles. The van der Waals surface area contributed by atoms with Crippen LogP contribution in [0.25, 0.3) is 0 Å². The maximum absolute atomic E-state index is 3.67. The molecule has 1 atom stereocenters. The maximum atomic E-state index is 3.67. The Hall–Kier alpha value is 0.01000. The molecular formula is C16H26BrNS. The van der Waals surface area contributed by atoms with Crippen LogP contribution in [0.1, 0.15) is 39.7 Å². The van der Waals surface area contributed by atoms with Gasteiger partial charge in [-0.15, -0.1) is 0 Å².